The monoisotopic (exact) mass is 312 g/mol. The van der Waals surface area contributed by atoms with Gasteiger partial charge in [0.1, 0.15) is 0 Å². The number of hydrogen-bond donors (Lipinski definition) is 2. The molecule has 1 atom stereocenters. The average Bonchev–Trinajstić information content (AvgIpc) is 2.85. The summed E-state index contributed by atoms with van der Waals surface area (Å²) in [6.07, 6.45) is 2.25. The van der Waals surface area contributed by atoms with Gasteiger partial charge in [0.05, 0.1) is 0 Å². The van der Waals surface area contributed by atoms with Crippen LogP contribution in [0.25, 0.3) is 0 Å². The van der Waals surface area contributed by atoms with E-state index in [0.29, 0.717) is 12.7 Å². The SMILES string of the molecule is N[C@@H](c1cc2c(cc1Br)OCO2)C1CCNCC1. The molecule has 3 N–H and O–H groups in total. The first-order chi connectivity index (χ1) is 8.75. The van der Waals surface area contributed by atoms with Crippen LogP contribution >= 0.6 is 15.9 Å². The summed E-state index contributed by atoms with van der Waals surface area (Å²) in [5.74, 6) is 2.13. The Kier molecular flexibility index (Phi) is 3.46. The van der Waals surface area contributed by atoms with Crippen LogP contribution in [-0.2, 0) is 0 Å². The van der Waals surface area contributed by atoms with Crippen molar-refractivity contribution in [3.05, 3.63) is 22.2 Å². The van der Waals surface area contributed by atoms with Crippen molar-refractivity contribution in [3.8, 4) is 11.5 Å². The number of benzene rings is 1. The topological polar surface area (TPSA) is 56.5 Å². The van der Waals surface area contributed by atoms with E-state index in [1.54, 1.807) is 0 Å². The number of fused-ring (bicyclic) bond motifs is 1. The Hall–Kier alpha value is -0.780. The molecule has 0 radical (unpaired) electrons. The first kappa shape index (κ1) is 12.3. The molecule has 0 aromatic heterocycles. The minimum absolute atomic E-state index is 0.0518. The summed E-state index contributed by atoms with van der Waals surface area (Å²) in [6, 6.07) is 4.02. The predicted molar refractivity (Wildman–Crippen MR) is 72.8 cm³/mol. The van der Waals surface area contributed by atoms with Gasteiger partial charge >= 0.3 is 0 Å². The molecule has 2 aliphatic rings. The fourth-order valence-electron chi connectivity index (χ4n) is 2.65. The highest BCUT2D eigenvalue weighted by Gasteiger charge is 2.26. The van der Waals surface area contributed by atoms with E-state index < -0.39 is 0 Å². The Labute approximate surface area is 115 Å². The molecule has 4 nitrogen and oxygen atoms in total. The number of ether oxygens (including phenoxy) is 2. The molecule has 1 aromatic carbocycles. The van der Waals surface area contributed by atoms with Gasteiger partial charge in [0.2, 0.25) is 6.79 Å². The third-order valence-electron chi connectivity index (χ3n) is 3.74. The van der Waals surface area contributed by atoms with Crippen molar-refractivity contribution in [1.29, 1.82) is 0 Å². The summed E-state index contributed by atoms with van der Waals surface area (Å²) >= 11 is 3.59. The predicted octanol–water partition coefficient (Wildman–Crippen LogP) is 2.18. The third kappa shape index (κ3) is 2.22. The molecule has 0 bridgehead atoms. The van der Waals surface area contributed by atoms with Crippen molar-refractivity contribution in [2.24, 2.45) is 11.7 Å². The Morgan fingerprint density at radius 1 is 1.22 bits per heavy atom. The van der Waals surface area contributed by atoms with Crippen LogP contribution in [0.4, 0.5) is 0 Å². The summed E-state index contributed by atoms with van der Waals surface area (Å²) in [7, 11) is 0. The first-order valence-electron chi connectivity index (χ1n) is 6.31. The van der Waals surface area contributed by atoms with Gasteiger partial charge in [0.25, 0.3) is 0 Å². The van der Waals surface area contributed by atoms with E-state index in [2.05, 4.69) is 21.2 Å². The molecule has 2 aliphatic heterocycles. The van der Waals surface area contributed by atoms with E-state index >= 15 is 0 Å². The molecule has 0 amide bonds. The van der Waals surface area contributed by atoms with E-state index in [4.69, 9.17) is 15.2 Å². The van der Waals surface area contributed by atoms with Crippen LogP contribution in [0, 0.1) is 5.92 Å². The highest BCUT2D eigenvalue weighted by Crippen LogP contribution is 2.40. The van der Waals surface area contributed by atoms with Crippen molar-refractivity contribution in [1.82, 2.24) is 5.32 Å². The van der Waals surface area contributed by atoms with E-state index in [1.165, 1.54) is 0 Å². The van der Waals surface area contributed by atoms with Gasteiger partial charge in [-0.15, -0.1) is 0 Å². The summed E-state index contributed by atoms with van der Waals surface area (Å²) in [5, 5.41) is 3.37. The molecule has 2 heterocycles. The molecular weight excluding hydrogens is 296 g/mol. The zero-order valence-corrected chi connectivity index (χ0v) is 11.7. The number of nitrogens with one attached hydrogen (secondary N) is 1. The maximum atomic E-state index is 6.41. The van der Waals surface area contributed by atoms with Gasteiger partial charge in [-0.1, -0.05) is 15.9 Å². The lowest BCUT2D eigenvalue weighted by Gasteiger charge is -2.29. The molecular formula is C13H17BrN2O2. The normalized spacial score (nSPS) is 21.0. The minimum atomic E-state index is 0.0518. The highest BCUT2D eigenvalue weighted by molar-refractivity contribution is 9.10. The molecule has 1 saturated heterocycles. The van der Waals surface area contributed by atoms with Gasteiger partial charge in [-0.3, -0.25) is 0 Å². The van der Waals surface area contributed by atoms with E-state index in [1.807, 2.05) is 12.1 Å². The average molecular weight is 313 g/mol. The molecule has 1 aromatic rings. The molecule has 3 rings (SSSR count). The van der Waals surface area contributed by atoms with Gasteiger partial charge < -0.3 is 20.5 Å². The quantitative estimate of drug-likeness (QED) is 0.879. The lowest BCUT2D eigenvalue weighted by Crippen LogP contribution is -2.33. The number of rotatable bonds is 2. The Morgan fingerprint density at radius 2 is 1.89 bits per heavy atom. The fourth-order valence-corrected chi connectivity index (χ4v) is 3.23. The maximum absolute atomic E-state index is 6.41. The molecule has 5 heteroatoms. The second kappa shape index (κ2) is 5.07. The van der Waals surface area contributed by atoms with Crippen LogP contribution in [0.2, 0.25) is 0 Å². The van der Waals surface area contributed by atoms with Gasteiger partial charge in [-0.2, -0.15) is 0 Å². The number of piperidine rings is 1. The van der Waals surface area contributed by atoms with Crippen molar-refractivity contribution in [2.45, 2.75) is 18.9 Å². The third-order valence-corrected chi connectivity index (χ3v) is 4.43. The fraction of sp³-hybridized carbons (Fsp3) is 0.538. The second-order valence-corrected chi connectivity index (χ2v) is 5.69. The van der Waals surface area contributed by atoms with E-state index in [-0.39, 0.29) is 6.04 Å². The summed E-state index contributed by atoms with van der Waals surface area (Å²) in [4.78, 5) is 0. The zero-order chi connectivity index (χ0) is 12.5. The van der Waals surface area contributed by atoms with Crippen LogP contribution in [0.15, 0.2) is 16.6 Å². The van der Waals surface area contributed by atoms with Crippen molar-refractivity contribution in [2.75, 3.05) is 19.9 Å². The molecule has 0 spiro atoms. The first-order valence-corrected chi connectivity index (χ1v) is 7.10. The van der Waals surface area contributed by atoms with E-state index in [0.717, 1.165) is 47.5 Å². The molecule has 0 aliphatic carbocycles. The number of hydrogen-bond acceptors (Lipinski definition) is 4. The van der Waals surface area contributed by atoms with E-state index in [9.17, 15) is 0 Å². The molecule has 0 unspecified atom stereocenters. The largest absolute Gasteiger partial charge is 0.454 e. The second-order valence-electron chi connectivity index (χ2n) is 4.84. The Balaban J connectivity index is 1.86. The highest BCUT2D eigenvalue weighted by atomic mass is 79.9. The van der Waals surface area contributed by atoms with Gasteiger partial charge in [-0.25, -0.2) is 0 Å². The minimum Gasteiger partial charge on any atom is -0.454 e. The smallest absolute Gasteiger partial charge is 0.231 e. The van der Waals surface area contributed by atoms with Gasteiger partial charge in [-0.05, 0) is 49.5 Å². The van der Waals surface area contributed by atoms with Crippen molar-refractivity contribution >= 4 is 15.9 Å². The molecule has 0 saturated carbocycles. The van der Waals surface area contributed by atoms with Crippen molar-refractivity contribution in [3.63, 3.8) is 0 Å². The number of halogens is 1. The van der Waals surface area contributed by atoms with Gasteiger partial charge in [0.15, 0.2) is 11.5 Å². The van der Waals surface area contributed by atoms with Crippen LogP contribution in [0.5, 0.6) is 11.5 Å². The Bertz CT molecular complexity index is 447. The molecule has 1 fully saturated rings. The summed E-state index contributed by atoms with van der Waals surface area (Å²) < 4.78 is 11.8. The van der Waals surface area contributed by atoms with Crippen LogP contribution < -0.4 is 20.5 Å². The maximum Gasteiger partial charge on any atom is 0.231 e. The lowest BCUT2D eigenvalue weighted by molar-refractivity contribution is 0.174. The summed E-state index contributed by atoms with van der Waals surface area (Å²) in [5.41, 5.74) is 7.53. The molecule has 98 valence electrons. The van der Waals surface area contributed by atoms with Crippen LogP contribution in [-0.4, -0.2) is 19.9 Å². The van der Waals surface area contributed by atoms with Crippen molar-refractivity contribution < 1.29 is 9.47 Å². The number of nitrogens with two attached hydrogens (primary N) is 1. The Morgan fingerprint density at radius 3 is 2.61 bits per heavy atom. The standard InChI is InChI=1S/C13H17BrN2O2/c14-10-6-12-11(17-7-18-12)5-9(10)13(15)8-1-3-16-4-2-8/h5-6,8,13,16H,1-4,7,15H2/t13-/m1/s1. The molecule has 18 heavy (non-hydrogen) atoms. The van der Waals surface area contributed by atoms with Gasteiger partial charge in [0, 0.05) is 10.5 Å². The van der Waals surface area contributed by atoms with Crippen LogP contribution in [0.1, 0.15) is 24.4 Å². The zero-order valence-electron chi connectivity index (χ0n) is 10.1. The van der Waals surface area contributed by atoms with Crippen LogP contribution in [0.3, 0.4) is 0 Å². The lowest BCUT2D eigenvalue weighted by atomic mass is 9.86. The summed E-state index contributed by atoms with van der Waals surface area (Å²) in [6.45, 7) is 2.41.